The topological polar surface area (TPSA) is 76.0 Å². The predicted molar refractivity (Wildman–Crippen MR) is 85.5 cm³/mol. The van der Waals surface area contributed by atoms with E-state index in [4.69, 9.17) is 9.47 Å². The van der Waals surface area contributed by atoms with Crippen LogP contribution in [0, 0.1) is 0 Å². The van der Waals surface area contributed by atoms with Crippen molar-refractivity contribution in [2.45, 2.75) is 18.6 Å². The normalized spacial score (nSPS) is 13.3. The summed E-state index contributed by atoms with van der Waals surface area (Å²) in [6, 6.07) is 16.1. The summed E-state index contributed by atoms with van der Waals surface area (Å²) in [5, 5.41) is 19.6. The zero-order chi connectivity index (χ0) is 16.7. The predicted octanol–water partition coefficient (Wildman–Crippen LogP) is 2.44. The van der Waals surface area contributed by atoms with Gasteiger partial charge in [0.05, 0.1) is 26.4 Å². The second-order valence-electron chi connectivity index (χ2n) is 5.16. The van der Waals surface area contributed by atoms with Crippen molar-refractivity contribution < 1.29 is 24.5 Å². The molecule has 2 atom stereocenters. The van der Waals surface area contributed by atoms with Crippen LogP contribution in [0.1, 0.15) is 17.0 Å². The minimum atomic E-state index is -1.13. The van der Waals surface area contributed by atoms with Crippen molar-refractivity contribution in [1.82, 2.24) is 0 Å². The number of aliphatic hydroxyl groups is 1. The maximum absolute atomic E-state index is 11.5. The van der Waals surface area contributed by atoms with Gasteiger partial charge in [0.15, 0.2) is 0 Å². The number of carbonyl (C=O) groups is 1. The van der Waals surface area contributed by atoms with Crippen LogP contribution < -0.4 is 4.74 Å². The second kappa shape index (κ2) is 8.31. The van der Waals surface area contributed by atoms with E-state index in [0.717, 1.165) is 5.56 Å². The van der Waals surface area contributed by atoms with Gasteiger partial charge in [0.2, 0.25) is 0 Å². The van der Waals surface area contributed by atoms with Gasteiger partial charge < -0.3 is 19.7 Å². The Kier molecular flexibility index (Phi) is 6.14. The van der Waals surface area contributed by atoms with Gasteiger partial charge in [-0.05, 0) is 23.3 Å². The van der Waals surface area contributed by atoms with Gasteiger partial charge in [-0.25, -0.2) is 0 Å². The average Bonchev–Trinajstić information content (AvgIpc) is 2.56. The molecular formula is C18H20O5. The molecule has 23 heavy (non-hydrogen) atoms. The Labute approximate surface area is 135 Å². The zero-order valence-electron chi connectivity index (χ0n) is 12.9. The number of hydrogen-bond acceptors (Lipinski definition) is 4. The van der Waals surface area contributed by atoms with E-state index in [9.17, 15) is 15.0 Å². The smallest absolute Gasteiger partial charge is 0.313 e. The first-order valence-corrected chi connectivity index (χ1v) is 7.28. The Bertz CT molecular complexity index is 609. The Morgan fingerprint density at radius 1 is 1.09 bits per heavy atom. The molecule has 2 aromatic carbocycles. The standard InChI is InChI=1S/C18H20O5/c1-22-15-9-7-14(8-10-15)17(18(20)21)16(19)12-23-11-13-5-3-2-4-6-13/h2-10,16-17,19H,11-12H2,1H3,(H,20,21)/t16-,17-/m1/s1. The van der Waals surface area contributed by atoms with Gasteiger partial charge in [-0.2, -0.15) is 0 Å². The highest BCUT2D eigenvalue weighted by Crippen LogP contribution is 2.23. The van der Waals surface area contributed by atoms with Crippen molar-refractivity contribution in [2.75, 3.05) is 13.7 Å². The third-order valence-corrected chi connectivity index (χ3v) is 3.53. The highest BCUT2D eigenvalue weighted by molar-refractivity contribution is 5.77. The summed E-state index contributed by atoms with van der Waals surface area (Å²) in [5.74, 6) is -1.50. The molecular weight excluding hydrogens is 296 g/mol. The van der Waals surface area contributed by atoms with Gasteiger partial charge in [-0.15, -0.1) is 0 Å². The lowest BCUT2D eigenvalue weighted by atomic mass is 9.94. The van der Waals surface area contributed by atoms with Crippen LogP contribution in [-0.2, 0) is 16.1 Å². The van der Waals surface area contributed by atoms with E-state index in [2.05, 4.69) is 0 Å². The number of carboxylic acids is 1. The van der Waals surface area contributed by atoms with Gasteiger partial charge >= 0.3 is 5.97 Å². The monoisotopic (exact) mass is 316 g/mol. The number of carboxylic acid groups (broad SMARTS) is 1. The number of aliphatic carboxylic acids is 1. The summed E-state index contributed by atoms with van der Waals surface area (Å²) < 4.78 is 10.5. The molecule has 2 rings (SSSR count). The molecule has 0 unspecified atom stereocenters. The molecule has 122 valence electrons. The van der Waals surface area contributed by atoms with Crippen LogP contribution >= 0.6 is 0 Å². The second-order valence-corrected chi connectivity index (χ2v) is 5.16. The molecule has 0 bridgehead atoms. The first kappa shape index (κ1) is 17.0. The number of methoxy groups -OCH3 is 1. The molecule has 0 radical (unpaired) electrons. The third kappa shape index (κ3) is 4.81. The molecule has 0 heterocycles. The van der Waals surface area contributed by atoms with Crippen molar-refractivity contribution in [1.29, 1.82) is 0 Å². The molecule has 0 aliphatic carbocycles. The molecule has 0 aliphatic rings. The molecule has 5 heteroatoms. The van der Waals surface area contributed by atoms with Crippen LogP contribution in [0.5, 0.6) is 5.75 Å². The maximum atomic E-state index is 11.5. The Hall–Kier alpha value is -2.37. The summed E-state index contributed by atoms with van der Waals surface area (Å²) in [6.07, 6.45) is -1.13. The number of aliphatic hydroxyl groups excluding tert-OH is 1. The molecule has 0 aromatic heterocycles. The summed E-state index contributed by atoms with van der Waals surface area (Å²) in [5.41, 5.74) is 1.48. The number of hydrogen-bond donors (Lipinski definition) is 2. The molecule has 0 aliphatic heterocycles. The molecule has 0 spiro atoms. The minimum Gasteiger partial charge on any atom is -0.497 e. The average molecular weight is 316 g/mol. The number of rotatable bonds is 8. The molecule has 5 nitrogen and oxygen atoms in total. The Morgan fingerprint density at radius 3 is 2.30 bits per heavy atom. The van der Waals surface area contributed by atoms with Crippen molar-refractivity contribution in [2.24, 2.45) is 0 Å². The number of ether oxygens (including phenoxy) is 2. The SMILES string of the molecule is COc1ccc([C@@H](C(=O)O)[C@H](O)COCc2ccccc2)cc1. The molecule has 2 aromatic rings. The highest BCUT2D eigenvalue weighted by atomic mass is 16.5. The van der Waals surface area contributed by atoms with Gasteiger partial charge in [0.1, 0.15) is 11.7 Å². The lowest BCUT2D eigenvalue weighted by Gasteiger charge is -2.20. The highest BCUT2D eigenvalue weighted by Gasteiger charge is 2.28. The lowest BCUT2D eigenvalue weighted by Crippen LogP contribution is -2.30. The maximum Gasteiger partial charge on any atom is 0.313 e. The van der Waals surface area contributed by atoms with E-state index >= 15 is 0 Å². The van der Waals surface area contributed by atoms with Crippen LogP contribution in [0.4, 0.5) is 0 Å². The quantitative estimate of drug-likeness (QED) is 0.782. The first-order valence-electron chi connectivity index (χ1n) is 7.28. The fourth-order valence-electron chi connectivity index (χ4n) is 2.31. The Balaban J connectivity index is 1.97. The minimum absolute atomic E-state index is 0.0576. The summed E-state index contributed by atoms with van der Waals surface area (Å²) in [7, 11) is 1.54. The Morgan fingerprint density at radius 2 is 1.74 bits per heavy atom. The van der Waals surface area contributed by atoms with Crippen molar-refractivity contribution >= 4 is 5.97 Å². The zero-order valence-corrected chi connectivity index (χ0v) is 12.9. The fraction of sp³-hybridized carbons (Fsp3) is 0.278. The van der Waals surface area contributed by atoms with Gasteiger partial charge in [-0.3, -0.25) is 4.79 Å². The van der Waals surface area contributed by atoms with Gasteiger partial charge in [0.25, 0.3) is 0 Å². The molecule has 0 amide bonds. The first-order chi connectivity index (χ1) is 11.1. The van der Waals surface area contributed by atoms with E-state index in [0.29, 0.717) is 17.9 Å². The largest absolute Gasteiger partial charge is 0.497 e. The fourth-order valence-corrected chi connectivity index (χ4v) is 2.31. The molecule has 0 saturated heterocycles. The lowest BCUT2D eigenvalue weighted by molar-refractivity contribution is -0.142. The van der Waals surface area contributed by atoms with Crippen molar-refractivity contribution in [3.63, 3.8) is 0 Å². The summed E-state index contributed by atoms with van der Waals surface area (Å²) in [6.45, 7) is 0.269. The van der Waals surface area contributed by atoms with Gasteiger partial charge in [0, 0.05) is 0 Å². The van der Waals surface area contributed by atoms with E-state index < -0.39 is 18.0 Å². The van der Waals surface area contributed by atoms with Crippen LogP contribution in [0.15, 0.2) is 54.6 Å². The number of benzene rings is 2. The van der Waals surface area contributed by atoms with Crippen LogP contribution in [0.2, 0.25) is 0 Å². The molecule has 0 fully saturated rings. The molecule has 0 saturated carbocycles. The summed E-state index contributed by atoms with van der Waals surface area (Å²) in [4.78, 5) is 11.5. The van der Waals surface area contributed by atoms with E-state index in [1.807, 2.05) is 30.3 Å². The van der Waals surface area contributed by atoms with Crippen molar-refractivity contribution in [3.05, 3.63) is 65.7 Å². The van der Waals surface area contributed by atoms with E-state index in [1.165, 1.54) is 7.11 Å². The van der Waals surface area contributed by atoms with Crippen LogP contribution in [0.25, 0.3) is 0 Å². The van der Waals surface area contributed by atoms with E-state index in [-0.39, 0.29) is 6.61 Å². The third-order valence-electron chi connectivity index (χ3n) is 3.53. The van der Waals surface area contributed by atoms with Crippen molar-refractivity contribution in [3.8, 4) is 5.75 Å². The molecule has 2 N–H and O–H groups in total. The van der Waals surface area contributed by atoms with Gasteiger partial charge in [-0.1, -0.05) is 42.5 Å². The van der Waals surface area contributed by atoms with E-state index in [1.54, 1.807) is 24.3 Å². The van der Waals surface area contributed by atoms with Crippen LogP contribution in [-0.4, -0.2) is 36.0 Å². The van der Waals surface area contributed by atoms with Crippen LogP contribution in [0.3, 0.4) is 0 Å². The summed E-state index contributed by atoms with van der Waals surface area (Å²) >= 11 is 0.